The molecule has 0 spiro atoms. The van der Waals surface area contributed by atoms with E-state index in [1.165, 1.54) is 45.2 Å². The molecule has 2 fully saturated rings. The van der Waals surface area contributed by atoms with Crippen LogP contribution in [0.25, 0.3) is 33.5 Å². The Kier molecular flexibility index (Phi) is 6.02. The van der Waals surface area contributed by atoms with Gasteiger partial charge in [-0.3, -0.25) is 10.2 Å². The first-order valence-corrected chi connectivity index (χ1v) is 12.7. The molecule has 1 saturated carbocycles. The molecule has 1 aliphatic heterocycles. The van der Waals surface area contributed by atoms with E-state index in [0.29, 0.717) is 0 Å². The van der Waals surface area contributed by atoms with Crippen LogP contribution in [-0.2, 0) is 6.42 Å². The highest BCUT2D eigenvalue weighted by Gasteiger charge is 2.23. The van der Waals surface area contributed by atoms with Crippen molar-refractivity contribution in [3.63, 3.8) is 0 Å². The summed E-state index contributed by atoms with van der Waals surface area (Å²) in [6, 6.07) is 14.5. The lowest BCUT2D eigenvalue weighted by Gasteiger charge is -2.26. The summed E-state index contributed by atoms with van der Waals surface area (Å²) in [5.41, 5.74) is 3.96. The molecule has 2 aliphatic rings. The van der Waals surface area contributed by atoms with Gasteiger partial charge in [-0.15, -0.1) is 0 Å². The predicted octanol–water partition coefficient (Wildman–Crippen LogP) is 5.22. The Morgan fingerprint density at radius 1 is 0.941 bits per heavy atom. The van der Waals surface area contributed by atoms with E-state index in [9.17, 15) is 0 Å². The number of benzene rings is 2. The summed E-state index contributed by atoms with van der Waals surface area (Å²) in [5, 5.41) is 16.4. The SMILES string of the molecule is c1cc(OCCCN2CCCCC2)cc(-c2n[nH]c3ccc(-c4n[nH]c(CC5CC5)n4)cc23)c1. The van der Waals surface area contributed by atoms with Gasteiger partial charge < -0.3 is 9.64 Å². The maximum atomic E-state index is 6.09. The third kappa shape index (κ3) is 4.85. The van der Waals surface area contributed by atoms with E-state index in [-0.39, 0.29) is 0 Å². The summed E-state index contributed by atoms with van der Waals surface area (Å²) in [5.74, 6) is 3.40. The third-order valence-corrected chi connectivity index (χ3v) is 6.98. The number of H-pyrrole nitrogens is 2. The lowest BCUT2D eigenvalue weighted by molar-refractivity contribution is 0.205. The number of piperidine rings is 1. The molecule has 3 heterocycles. The number of nitrogens with one attached hydrogen (secondary N) is 2. The number of rotatable bonds is 9. The predicted molar refractivity (Wildman–Crippen MR) is 134 cm³/mol. The highest BCUT2D eigenvalue weighted by molar-refractivity contribution is 5.95. The first-order valence-electron chi connectivity index (χ1n) is 12.7. The van der Waals surface area contributed by atoms with Gasteiger partial charge in [-0.2, -0.15) is 10.2 Å². The van der Waals surface area contributed by atoms with Crippen molar-refractivity contribution in [2.45, 2.75) is 44.9 Å². The molecule has 1 saturated heterocycles. The van der Waals surface area contributed by atoms with Gasteiger partial charge in [0.05, 0.1) is 12.1 Å². The fraction of sp³-hybridized carbons (Fsp3) is 0.444. The number of aromatic amines is 2. The maximum absolute atomic E-state index is 6.09. The van der Waals surface area contributed by atoms with Crippen LogP contribution < -0.4 is 4.74 Å². The molecule has 2 N–H and O–H groups in total. The highest BCUT2D eigenvalue weighted by atomic mass is 16.5. The quantitative estimate of drug-likeness (QED) is 0.337. The molecule has 6 rings (SSSR count). The number of aromatic nitrogens is 5. The Labute approximate surface area is 199 Å². The lowest BCUT2D eigenvalue weighted by atomic mass is 10.1. The minimum atomic E-state index is 0.736. The molecule has 0 atom stereocenters. The molecule has 7 nitrogen and oxygen atoms in total. The Bertz CT molecular complexity index is 1250. The summed E-state index contributed by atoms with van der Waals surface area (Å²) < 4.78 is 6.09. The van der Waals surface area contributed by atoms with Gasteiger partial charge >= 0.3 is 0 Å². The molecular formula is C27H32N6O. The van der Waals surface area contributed by atoms with Gasteiger partial charge in [-0.25, -0.2) is 4.98 Å². The number of ether oxygens (including phenoxy) is 1. The van der Waals surface area contributed by atoms with Crippen LogP contribution in [0.4, 0.5) is 0 Å². The average molecular weight is 457 g/mol. The van der Waals surface area contributed by atoms with Crippen molar-refractivity contribution < 1.29 is 4.74 Å². The summed E-state index contributed by atoms with van der Waals surface area (Å²) in [6.07, 6.45) is 8.71. The largest absolute Gasteiger partial charge is 0.494 e. The zero-order chi connectivity index (χ0) is 22.7. The molecule has 2 aromatic carbocycles. The van der Waals surface area contributed by atoms with E-state index < -0.39 is 0 Å². The van der Waals surface area contributed by atoms with E-state index in [0.717, 1.165) is 77.0 Å². The van der Waals surface area contributed by atoms with E-state index >= 15 is 0 Å². The molecule has 4 aromatic rings. The number of nitrogens with zero attached hydrogens (tertiary/aromatic N) is 4. The maximum Gasteiger partial charge on any atom is 0.181 e. The number of hydrogen-bond acceptors (Lipinski definition) is 5. The standard InChI is InChI=1S/C27H32N6O/c1-2-12-33(13-3-1)14-5-15-34-22-7-4-6-20(17-22)26-23-18-21(10-11-24(23)29-31-26)27-28-25(30-32-27)16-19-8-9-19/h4,6-7,10-11,17-19H,1-3,5,8-9,12-16H2,(H,29,31)(H,28,30,32). The second-order valence-electron chi connectivity index (χ2n) is 9.72. The van der Waals surface area contributed by atoms with Crippen molar-refractivity contribution in [2.75, 3.05) is 26.2 Å². The van der Waals surface area contributed by atoms with E-state index in [2.05, 4.69) is 55.6 Å². The zero-order valence-corrected chi connectivity index (χ0v) is 19.6. The molecular weight excluding hydrogens is 424 g/mol. The molecule has 1 aliphatic carbocycles. The molecule has 0 amide bonds. The van der Waals surface area contributed by atoms with Crippen LogP contribution in [-0.4, -0.2) is 56.5 Å². The Morgan fingerprint density at radius 3 is 2.74 bits per heavy atom. The fourth-order valence-corrected chi connectivity index (χ4v) is 4.88. The van der Waals surface area contributed by atoms with Crippen molar-refractivity contribution in [1.82, 2.24) is 30.3 Å². The number of likely N-dealkylation sites (tertiary alicyclic amines) is 1. The molecule has 2 aromatic heterocycles. The molecule has 0 radical (unpaired) electrons. The highest BCUT2D eigenvalue weighted by Crippen LogP contribution is 2.33. The second-order valence-corrected chi connectivity index (χ2v) is 9.72. The second kappa shape index (κ2) is 9.58. The molecule has 7 heteroatoms. The molecule has 34 heavy (non-hydrogen) atoms. The van der Waals surface area contributed by atoms with Crippen LogP contribution in [0.1, 0.15) is 44.3 Å². The normalized spacial score (nSPS) is 16.8. The van der Waals surface area contributed by atoms with Gasteiger partial charge in [0.15, 0.2) is 5.82 Å². The smallest absolute Gasteiger partial charge is 0.181 e. The molecule has 176 valence electrons. The monoisotopic (exact) mass is 456 g/mol. The summed E-state index contributed by atoms with van der Waals surface area (Å²) >= 11 is 0. The summed E-state index contributed by atoms with van der Waals surface area (Å²) in [4.78, 5) is 7.28. The van der Waals surface area contributed by atoms with Crippen molar-refractivity contribution in [3.05, 3.63) is 48.3 Å². The Hall–Kier alpha value is -3.19. The topological polar surface area (TPSA) is 82.7 Å². The fourth-order valence-electron chi connectivity index (χ4n) is 4.88. The van der Waals surface area contributed by atoms with Crippen molar-refractivity contribution in [1.29, 1.82) is 0 Å². The van der Waals surface area contributed by atoms with Gasteiger partial charge in [0.1, 0.15) is 17.3 Å². The van der Waals surface area contributed by atoms with Crippen LogP contribution in [0.5, 0.6) is 5.75 Å². The number of hydrogen-bond donors (Lipinski definition) is 2. The van der Waals surface area contributed by atoms with Gasteiger partial charge in [0.25, 0.3) is 0 Å². The first-order chi connectivity index (χ1) is 16.8. The molecule has 0 unspecified atom stereocenters. The van der Waals surface area contributed by atoms with Gasteiger partial charge in [-0.05, 0) is 81.4 Å². The van der Waals surface area contributed by atoms with Crippen LogP contribution in [0.15, 0.2) is 42.5 Å². The van der Waals surface area contributed by atoms with Crippen molar-refractivity contribution in [3.8, 4) is 28.4 Å². The van der Waals surface area contributed by atoms with Gasteiger partial charge in [-0.1, -0.05) is 18.6 Å². The number of fused-ring (bicyclic) bond motifs is 1. The summed E-state index contributed by atoms with van der Waals surface area (Å²) in [7, 11) is 0. The van der Waals surface area contributed by atoms with E-state index in [1.54, 1.807) is 0 Å². The van der Waals surface area contributed by atoms with Crippen LogP contribution in [0.3, 0.4) is 0 Å². The van der Waals surface area contributed by atoms with Crippen molar-refractivity contribution >= 4 is 10.9 Å². The summed E-state index contributed by atoms with van der Waals surface area (Å²) in [6.45, 7) is 4.33. The van der Waals surface area contributed by atoms with Crippen LogP contribution in [0.2, 0.25) is 0 Å². The van der Waals surface area contributed by atoms with E-state index in [1.807, 2.05) is 12.1 Å². The van der Waals surface area contributed by atoms with Crippen LogP contribution >= 0.6 is 0 Å². The zero-order valence-electron chi connectivity index (χ0n) is 19.6. The lowest BCUT2D eigenvalue weighted by Crippen LogP contribution is -2.31. The third-order valence-electron chi connectivity index (χ3n) is 6.98. The minimum absolute atomic E-state index is 0.736. The Balaban J connectivity index is 1.16. The van der Waals surface area contributed by atoms with E-state index in [4.69, 9.17) is 9.72 Å². The molecule has 0 bridgehead atoms. The first kappa shape index (κ1) is 21.4. The minimum Gasteiger partial charge on any atom is -0.494 e. The van der Waals surface area contributed by atoms with Crippen molar-refractivity contribution in [2.24, 2.45) is 5.92 Å². The van der Waals surface area contributed by atoms with Gasteiger partial charge in [0, 0.05) is 29.5 Å². The Morgan fingerprint density at radius 2 is 1.85 bits per heavy atom. The van der Waals surface area contributed by atoms with Crippen LogP contribution in [0, 0.1) is 5.92 Å². The van der Waals surface area contributed by atoms with Gasteiger partial charge in [0.2, 0.25) is 0 Å². The average Bonchev–Trinajstić information content (AvgIpc) is 3.39.